The van der Waals surface area contributed by atoms with Gasteiger partial charge < -0.3 is 0 Å². The van der Waals surface area contributed by atoms with Crippen molar-refractivity contribution < 1.29 is 0 Å². The Labute approximate surface area is 90.5 Å². The van der Waals surface area contributed by atoms with Crippen molar-refractivity contribution in [2.24, 2.45) is 23.2 Å². The van der Waals surface area contributed by atoms with Crippen molar-refractivity contribution in [3.63, 3.8) is 0 Å². The van der Waals surface area contributed by atoms with E-state index in [-0.39, 0.29) is 7.43 Å². The summed E-state index contributed by atoms with van der Waals surface area (Å²) in [5.41, 5.74) is 0.800. The lowest BCUT2D eigenvalue weighted by atomic mass is 9.50. The summed E-state index contributed by atoms with van der Waals surface area (Å²) in [6.45, 7) is 6.54. The molecule has 14 heavy (non-hydrogen) atoms. The van der Waals surface area contributed by atoms with Crippen molar-refractivity contribution in [2.45, 2.75) is 66.7 Å². The fourth-order valence-corrected chi connectivity index (χ4v) is 4.54. The molecule has 4 bridgehead atoms. The third kappa shape index (κ3) is 1.99. The van der Waals surface area contributed by atoms with Crippen LogP contribution in [0.2, 0.25) is 0 Å². The SMILES string of the molecule is C.CC.CC12CC3CC(CC(C3)C1)C2. The van der Waals surface area contributed by atoms with Crippen molar-refractivity contribution in [1.29, 1.82) is 0 Å². The average Bonchev–Trinajstić information content (AvgIpc) is 2.02. The molecule has 4 saturated carbocycles. The van der Waals surface area contributed by atoms with Crippen LogP contribution in [0.4, 0.5) is 0 Å². The topological polar surface area (TPSA) is 0 Å². The maximum atomic E-state index is 2.54. The van der Waals surface area contributed by atoms with Crippen LogP contribution in [0.15, 0.2) is 0 Å². The molecule has 84 valence electrons. The van der Waals surface area contributed by atoms with Crippen molar-refractivity contribution in [3.05, 3.63) is 0 Å². The van der Waals surface area contributed by atoms with E-state index in [0.717, 1.165) is 23.2 Å². The van der Waals surface area contributed by atoms with Gasteiger partial charge in [0.25, 0.3) is 0 Å². The first-order valence-corrected chi connectivity index (χ1v) is 6.23. The summed E-state index contributed by atoms with van der Waals surface area (Å²) in [5, 5.41) is 0. The molecule has 0 radical (unpaired) electrons. The molecule has 0 heterocycles. The van der Waals surface area contributed by atoms with Crippen molar-refractivity contribution in [1.82, 2.24) is 0 Å². The Morgan fingerprint density at radius 3 is 1.29 bits per heavy atom. The normalized spacial score (nSPS) is 47.8. The standard InChI is InChI=1S/C11H18.C2H6.CH4/c1-11-5-8-2-9(6-11)4-10(3-8)7-11;1-2;/h8-10H,2-7H2,1H3;1-2H3;1H4. The van der Waals surface area contributed by atoms with Crippen molar-refractivity contribution in [2.75, 3.05) is 0 Å². The van der Waals surface area contributed by atoms with Gasteiger partial charge in [0.2, 0.25) is 0 Å². The van der Waals surface area contributed by atoms with Gasteiger partial charge in [-0.2, -0.15) is 0 Å². The van der Waals surface area contributed by atoms with Crippen molar-refractivity contribution >= 4 is 0 Å². The van der Waals surface area contributed by atoms with Crippen LogP contribution in [-0.4, -0.2) is 0 Å². The average molecular weight is 196 g/mol. The molecule has 0 nitrogen and oxygen atoms in total. The highest BCUT2D eigenvalue weighted by molar-refractivity contribution is 4.99. The molecule has 0 atom stereocenters. The Bertz CT molecular complexity index is 145. The quantitative estimate of drug-likeness (QED) is 0.518. The van der Waals surface area contributed by atoms with Crippen LogP contribution < -0.4 is 0 Å². The zero-order chi connectivity index (χ0) is 9.47. The molecule has 0 heteroatoms. The fourth-order valence-electron chi connectivity index (χ4n) is 4.54. The minimum absolute atomic E-state index is 0. The molecule has 0 unspecified atom stereocenters. The lowest BCUT2D eigenvalue weighted by Crippen LogP contribution is -2.44. The molecule has 0 amide bonds. The number of hydrogen-bond acceptors (Lipinski definition) is 0. The third-order valence-corrected chi connectivity index (χ3v) is 4.34. The van der Waals surface area contributed by atoms with E-state index in [2.05, 4.69) is 6.92 Å². The highest BCUT2D eigenvalue weighted by Crippen LogP contribution is 2.59. The predicted molar refractivity (Wildman–Crippen MR) is 64.4 cm³/mol. The van der Waals surface area contributed by atoms with Gasteiger partial charge in [-0.15, -0.1) is 0 Å². The predicted octanol–water partition coefficient (Wildman–Crippen LogP) is 4.89. The highest BCUT2D eigenvalue weighted by Gasteiger charge is 2.48. The minimum Gasteiger partial charge on any atom is -0.0776 e. The largest absolute Gasteiger partial charge is 0.0776 e. The molecule has 0 aromatic carbocycles. The maximum Gasteiger partial charge on any atom is -0.0318 e. The minimum atomic E-state index is 0. The summed E-state index contributed by atoms with van der Waals surface area (Å²) in [6, 6.07) is 0. The molecule has 0 aromatic rings. The van der Waals surface area contributed by atoms with Gasteiger partial charge in [-0.3, -0.25) is 0 Å². The summed E-state index contributed by atoms with van der Waals surface area (Å²) < 4.78 is 0. The molecule has 4 rings (SSSR count). The summed E-state index contributed by atoms with van der Waals surface area (Å²) in [7, 11) is 0. The summed E-state index contributed by atoms with van der Waals surface area (Å²) in [4.78, 5) is 0. The van der Waals surface area contributed by atoms with Crippen LogP contribution >= 0.6 is 0 Å². The first-order chi connectivity index (χ1) is 6.23. The lowest BCUT2D eigenvalue weighted by molar-refractivity contribution is -0.0411. The van der Waals surface area contributed by atoms with Gasteiger partial charge in [-0.25, -0.2) is 0 Å². The molecule has 0 N–H and O–H groups in total. The third-order valence-electron chi connectivity index (χ3n) is 4.34. The van der Waals surface area contributed by atoms with Gasteiger partial charge in [-0.1, -0.05) is 28.2 Å². The highest BCUT2D eigenvalue weighted by atomic mass is 14.5. The van der Waals surface area contributed by atoms with Gasteiger partial charge >= 0.3 is 0 Å². The molecular weight excluding hydrogens is 168 g/mol. The van der Waals surface area contributed by atoms with E-state index in [4.69, 9.17) is 0 Å². The van der Waals surface area contributed by atoms with Crippen LogP contribution in [0.3, 0.4) is 0 Å². The second kappa shape index (κ2) is 4.24. The molecule has 0 aliphatic heterocycles. The van der Waals surface area contributed by atoms with Crippen LogP contribution in [-0.2, 0) is 0 Å². The molecule has 0 aromatic heterocycles. The first-order valence-electron chi connectivity index (χ1n) is 6.23. The Balaban J connectivity index is 0.000000309. The summed E-state index contributed by atoms with van der Waals surface area (Å²) in [6.07, 6.45) is 9.48. The molecule has 0 saturated heterocycles. The van der Waals surface area contributed by atoms with Crippen LogP contribution in [0.5, 0.6) is 0 Å². The van der Waals surface area contributed by atoms with E-state index in [0.29, 0.717) is 0 Å². The van der Waals surface area contributed by atoms with Crippen LogP contribution in [0.25, 0.3) is 0 Å². The van der Waals surface area contributed by atoms with Gasteiger partial charge in [0.05, 0.1) is 0 Å². The Morgan fingerprint density at radius 2 is 1.07 bits per heavy atom. The van der Waals surface area contributed by atoms with Crippen LogP contribution in [0.1, 0.15) is 66.7 Å². The summed E-state index contributed by atoms with van der Waals surface area (Å²) >= 11 is 0. The van der Waals surface area contributed by atoms with E-state index >= 15 is 0 Å². The smallest absolute Gasteiger partial charge is 0.0318 e. The van der Waals surface area contributed by atoms with Gasteiger partial charge in [-0.05, 0) is 61.7 Å². The monoisotopic (exact) mass is 196 g/mol. The zero-order valence-electron chi connectivity index (χ0n) is 9.47. The van der Waals surface area contributed by atoms with E-state index in [1.807, 2.05) is 13.8 Å². The van der Waals surface area contributed by atoms with Gasteiger partial charge in [0.1, 0.15) is 0 Å². The molecule has 4 fully saturated rings. The van der Waals surface area contributed by atoms with E-state index < -0.39 is 0 Å². The van der Waals surface area contributed by atoms with E-state index in [9.17, 15) is 0 Å². The van der Waals surface area contributed by atoms with Crippen molar-refractivity contribution in [3.8, 4) is 0 Å². The molecule has 0 spiro atoms. The molecular formula is C14H28. The molecule has 4 aliphatic rings. The van der Waals surface area contributed by atoms with E-state index in [1.165, 1.54) is 0 Å². The Morgan fingerprint density at radius 1 is 0.786 bits per heavy atom. The fraction of sp³-hybridized carbons (Fsp3) is 1.00. The van der Waals surface area contributed by atoms with E-state index in [1.54, 1.807) is 38.5 Å². The van der Waals surface area contributed by atoms with Gasteiger partial charge in [0.15, 0.2) is 0 Å². The second-order valence-electron chi connectivity index (χ2n) is 5.73. The van der Waals surface area contributed by atoms with Gasteiger partial charge in [0, 0.05) is 0 Å². The van der Waals surface area contributed by atoms with Crippen LogP contribution in [0, 0.1) is 23.2 Å². The second-order valence-corrected chi connectivity index (χ2v) is 5.73. The first kappa shape index (κ1) is 12.1. The molecule has 4 aliphatic carbocycles. The number of hydrogen-bond donors (Lipinski definition) is 0. The number of rotatable bonds is 0. The Hall–Kier alpha value is 0. The zero-order valence-corrected chi connectivity index (χ0v) is 9.47. The Kier molecular flexibility index (Phi) is 3.66. The lowest BCUT2D eigenvalue weighted by Gasteiger charge is -2.55. The maximum absolute atomic E-state index is 2.54. The summed E-state index contributed by atoms with van der Waals surface area (Å²) in [5.74, 6) is 3.43.